The van der Waals surface area contributed by atoms with Crippen molar-refractivity contribution in [1.82, 2.24) is 10.2 Å². The molecule has 5 nitrogen and oxygen atoms in total. The maximum absolute atomic E-state index is 11.9. The first-order valence-electron chi connectivity index (χ1n) is 5.92. The van der Waals surface area contributed by atoms with Crippen LogP contribution in [-0.2, 0) is 4.79 Å². The fourth-order valence-corrected chi connectivity index (χ4v) is 1.49. The van der Waals surface area contributed by atoms with Gasteiger partial charge in [-0.25, -0.2) is 9.59 Å². The molecule has 0 heterocycles. The Kier molecular flexibility index (Phi) is 7.51. The van der Waals surface area contributed by atoms with Gasteiger partial charge in [-0.15, -0.1) is 13.2 Å². The first kappa shape index (κ1) is 16.2. The number of amides is 2. The molecule has 0 saturated carbocycles. The number of carbonyl (C=O) groups is 2. The summed E-state index contributed by atoms with van der Waals surface area (Å²) >= 11 is 0. The summed E-state index contributed by atoms with van der Waals surface area (Å²) in [5.41, 5.74) is 0. The molecular formula is C13H22N2O3. The van der Waals surface area contributed by atoms with Crippen LogP contribution in [0.2, 0.25) is 0 Å². The zero-order chi connectivity index (χ0) is 14.1. The van der Waals surface area contributed by atoms with Crippen molar-refractivity contribution in [2.75, 3.05) is 13.1 Å². The van der Waals surface area contributed by atoms with E-state index in [2.05, 4.69) is 18.5 Å². The number of carboxylic acid groups (broad SMARTS) is 1. The lowest BCUT2D eigenvalue weighted by molar-refractivity contribution is -0.139. The SMILES string of the molecule is C=CCN(CC=C)C(=O)NC(CC(C)C)C(=O)O. The molecule has 1 unspecified atom stereocenters. The van der Waals surface area contributed by atoms with E-state index in [1.54, 1.807) is 12.2 Å². The van der Waals surface area contributed by atoms with Crippen molar-refractivity contribution >= 4 is 12.0 Å². The van der Waals surface area contributed by atoms with Gasteiger partial charge in [0.15, 0.2) is 0 Å². The third-order valence-electron chi connectivity index (χ3n) is 2.29. The molecule has 0 rings (SSSR count). The Morgan fingerprint density at radius 3 is 2.11 bits per heavy atom. The predicted octanol–water partition coefficient (Wildman–Crippen LogP) is 1.87. The first-order chi connectivity index (χ1) is 8.42. The van der Waals surface area contributed by atoms with Crippen LogP contribution in [0.3, 0.4) is 0 Å². The van der Waals surface area contributed by atoms with Crippen LogP contribution in [0.4, 0.5) is 4.79 Å². The minimum absolute atomic E-state index is 0.193. The molecule has 0 aliphatic rings. The predicted molar refractivity (Wildman–Crippen MR) is 71.4 cm³/mol. The van der Waals surface area contributed by atoms with Crippen LogP contribution in [0.1, 0.15) is 20.3 Å². The van der Waals surface area contributed by atoms with E-state index in [1.807, 2.05) is 13.8 Å². The molecule has 0 fully saturated rings. The summed E-state index contributed by atoms with van der Waals surface area (Å²) in [6.45, 7) is 11.6. The summed E-state index contributed by atoms with van der Waals surface area (Å²) in [7, 11) is 0. The lowest BCUT2D eigenvalue weighted by atomic mass is 10.0. The third kappa shape index (κ3) is 6.08. The molecule has 2 N–H and O–H groups in total. The highest BCUT2D eigenvalue weighted by Crippen LogP contribution is 2.05. The van der Waals surface area contributed by atoms with E-state index < -0.39 is 18.0 Å². The molecule has 0 spiro atoms. The van der Waals surface area contributed by atoms with Gasteiger partial charge in [0.2, 0.25) is 0 Å². The standard InChI is InChI=1S/C13H22N2O3/c1-5-7-15(8-6-2)13(18)14-11(12(16)17)9-10(3)4/h5-6,10-11H,1-2,7-9H2,3-4H3,(H,14,18)(H,16,17). The van der Waals surface area contributed by atoms with Crippen molar-refractivity contribution < 1.29 is 14.7 Å². The lowest BCUT2D eigenvalue weighted by Gasteiger charge is -2.23. The number of rotatable bonds is 8. The van der Waals surface area contributed by atoms with Gasteiger partial charge in [0, 0.05) is 13.1 Å². The number of hydrogen-bond donors (Lipinski definition) is 2. The molecular weight excluding hydrogens is 232 g/mol. The van der Waals surface area contributed by atoms with Gasteiger partial charge >= 0.3 is 12.0 Å². The van der Waals surface area contributed by atoms with E-state index in [9.17, 15) is 9.59 Å². The van der Waals surface area contributed by atoms with Crippen LogP contribution < -0.4 is 5.32 Å². The Labute approximate surface area is 108 Å². The summed E-state index contributed by atoms with van der Waals surface area (Å²) in [5.74, 6) is -0.826. The second-order valence-corrected chi connectivity index (χ2v) is 4.45. The van der Waals surface area contributed by atoms with Gasteiger partial charge in [0.05, 0.1) is 0 Å². The van der Waals surface area contributed by atoms with Gasteiger partial charge in [-0.1, -0.05) is 26.0 Å². The Balaban J connectivity index is 4.58. The molecule has 0 aliphatic heterocycles. The average molecular weight is 254 g/mol. The largest absolute Gasteiger partial charge is 0.480 e. The van der Waals surface area contributed by atoms with Gasteiger partial charge in [0.25, 0.3) is 0 Å². The number of nitrogens with zero attached hydrogens (tertiary/aromatic N) is 1. The van der Waals surface area contributed by atoms with Crippen molar-refractivity contribution in [3.8, 4) is 0 Å². The van der Waals surface area contributed by atoms with Gasteiger partial charge in [-0.3, -0.25) is 0 Å². The molecule has 2 amide bonds. The van der Waals surface area contributed by atoms with Crippen LogP contribution in [0.15, 0.2) is 25.3 Å². The van der Waals surface area contributed by atoms with Gasteiger partial charge in [-0.2, -0.15) is 0 Å². The van der Waals surface area contributed by atoms with Crippen LogP contribution in [0, 0.1) is 5.92 Å². The van der Waals surface area contributed by atoms with Gasteiger partial charge in [-0.05, 0) is 12.3 Å². The highest BCUT2D eigenvalue weighted by Gasteiger charge is 2.23. The smallest absolute Gasteiger partial charge is 0.326 e. The van der Waals surface area contributed by atoms with Crippen LogP contribution in [-0.4, -0.2) is 41.1 Å². The number of aliphatic carboxylic acids is 1. The van der Waals surface area contributed by atoms with E-state index in [1.165, 1.54) is 4.90 Å². The first-order valence-corrected chi connectivity index (χ1v) is 5.92. The molecule has 18 heavy (non-hydrogen) atoms. The van der Waals surface area contributed by atoms with E-state index in [4.69, 9.17) is 5.11 Å². The van der Waals surface area contributed by atoms with Crippen LogP contribution >= 0.6 is 0 Å². The number of carboxylic acids is 1. The Bertz CT molecular complexity index is 303. The summed E-state index contributed by atoms with van der Waals surface area (Å²) < 4.78 is 0. The molecule has 0 bridgehead atoms. The monoisotopic (exact) mass is 254 g/mol. The van der Waals surface area contributed by atoms with Crippen molar-refractivity contribution in [2.45, 2.75) is 26.3 Å². The van der Waals surface area contributed by atoms with Crippen molar-refractivity contribution in [1.29, 1.82) is 0 Å². The molecule has 0 aromatic heterocycles. The number of hydrogen-bond acceptors (Lipinski definition) is 2. The summed E-state index contributed by atoms with van der Waals surface area (Å²) in [6, 6.07) is -1.28. The van der Waals surface area contributed by atoms with Crippen molar-refractivity contribution in [3.05, 3.63) is 25.3 Å². The number of urea groups is 1. The Morgan fingerprint density at radius 2 is 1.78 bits per heavy atom. The Morgan fingerprint density at radius 1 is 1.28 bits per heavy atom. The van der Waals surface area contributed by atoms with Gasteiger partial charge < -0.3 is 15.3 Å². The van der Waals surface area contributed by atoms with Crippen LogP contribution in [0.5, 0.6) is 0 Å². The topological polar surface area (TPSA) is 69.6 Å². The fraction of sp³-hybridized carbons (Fsp3) is 0.538. The number of carbonyl (C=O) groups excluding carboxylic acids is 1. The maximum atomic E-state index is 11.9. The number of nitrogens with one attached hydrogen (secondary N) is 1. The van der Waals surface area contributed by atoms with E-state index in [-0.39, 0.29) is 5.92 Å². The third-order valence-corrected chi connectivity index (χ3v) is 2.29. The second-order valence-electron chi connectivity index (χ2n) is 4.45. The molecule has 0 saturated heterocycles. The molecule has 0 aliphatic carbocycles. The molecule has 0 aromatic carbocycles. The minimum atomic E-state index is -1.02. The molecule has 0 aromatic rings. The quantitative estimate of drug-likeness (QED) is 0.650. The normalized spacial score (nSPS) is 11.7. The van der Waals surface area contributed by atoms with Gasteiger partial charge in [0.1, 0.15) is 6.04 Å². The average Bonchev–Trinajstić information content (AvgIpc) is 2.27. The molecule has 1 atom stereocenters. The summed E-state index contributed by atoms with van der Waals surface area (Å²) in [6.07, 6.45) is 3.57. The van der Waals surface area contributed by atoms with Crippen molar-refractivity contribution in [3.63, 3.8) is 0 Å². The maximum Gasteiger partial charge on any atom is 0.326 e. The zero-order valence-corrected chi connectivity index (χ0v) is 11.1. The highest BCUT2D eigenvalue weighted by molar-refractivity contribution is 5.82. The zero-order valence-electron chi connectivity index (χ0n) is 11.1. The van der Waals surface area contributed by atoms with E-state index in [0.717, 1.165) is 0 Å². The highest BCUT2D eigenvalue weighted by atomic mass is 16.4. The van der Waals surface area contributed by atoms with E-state index >= 15 is 0 Å². The van der Waals surface area contributed by atoms with Crippen molar-refractivity contribution in [2.24, 2.45) is 5.92 Å². The van der Waals surface area contributed by atoms with Crippen LogP contribution in [0.25, 0.3) is 0 Å². The fourth-order valence-electron chi connectivity index (χ4n) is 1.49. The summed E-state index contributed by atoms with van der Waals surface area (Å²) in [4.78, 5) is 24.4. The minimum Gasteiger partial charge on any atom is -0.480 e. The summed E-state index contributed by atoms with van der Waals surface area (Å²) in [5, 5.41) is 11.5. The van der Waals surface area contributed by atoms with E-state index in [0.29, 0.717) is 19.5 Å². The second kappa shape index (κ2) is 8.33. The molecule has 102 valence electrons. The Hall–Kier alpha value is -1.78. The molecule has 5 heteroatoms. The molecule has 0 radical (unpaired) electrons. The lowest BCUT2D eigenvalue weighted by Crippen LogP contribution is -2.48.